The van der Waals surface area contributed by atoms with Crippen molar-refractivity contribution in [3.63, 3.8) is 0 Å². The monoisotopic (exact) mass is 270 g/mol. The molecule has 2 aromatic rings. The van der Waals surface area contributed by atoms with Crippen LogP contribution in [0.2, 0.25) is 0 Å². The van der Waals surface area contributed by atoms with Gasteiger partial charge in [0.1, 0.15) is 0 Å². The lowest BCUT2D eigenvalue weighted by atomic mass is 10.3. The molecule has 92 valence electrons. The van der Waals surface area contributed by atoms with Crippen LogP contribution in [0, 0.1) is 0 Å². The van der Waals surface area contributed by atoms with Crippen LogP contribution in [0.25, 0.3) is 10.7 Å². The summed E-state index contributed by atoms with van der Waals surface area (Å²) in [6, 6.07) is 3.94. The van der Waals surface area contributed by atoms with Gasteiger partial charge < -0.3 is 9.63 Å². The summed E-state index contributed by atoms with van der Waals surface area (Å²) in [5, 5.41) is 15.1. The quantitative estimate of drug-likeness (QED) is 0.874. The molecule has 0 aliphatic heterocycles. The average Bonchev–Trinajstić information content (AvgIpc) is 2.97. The smallest absolute Gasteiger partial charge is 0.236 e. The minimum atomic E-state index is 0.221. The molecule has 0 saturated heterocycles. The van der Waals surface area contributed by atoms with Gasteiger partial charge in [-0.15, -0.1) is 23.1 Å². The van der Waals surface area contributed by atoms with Gasteiger partial charge in [0.05, 0.1) is 10.6 Å². The maximum Gasteiger partial charge on any atom is 0.236 e. The molecule has 0 bridgehead atoms. The maximum absolute atomic E-state index is 8.80. The number of nitrogens with zero attached hydrogens (tertiary/aromatic N) is 2. The molecule has 0 fully saturated rings. The molecule has 0 saturated carbocycles. The zero-order chi connectivity index (χ0) is 12.1. The summed E-state index contributed by atoms with van der Waals surface area (Å²) in [6.45, 7) is 2.30. The lowest BCUT2D eigenvalue weighted by Gasteiger charge is -2.05. The number of aliphatic hydroxyl groups excluding tert-OH is 1. The molecule has 6 heteroatoms. The largest absolute Gasteiger partial charge is 0.396 e. The third kappa shape index (κ3) is 3.55. The zero-order valence-electron chi connectivity index (χ0n) is 9.50. The van der Waals surface area contributed by atoms with E-state index in [2.05, 4.69) is 17.1 Å². The van der Waals surface area contributed by atoms with E-state index in [-0.39, 0.29) is 6.61 Å². The predicted octanol–water partition coefficient (Wildman–Crippen LogP) is 2.80. The van der Waals surface area contributed by atoms with Gasteiger partial charge in [-0.1, -0.05) is 18.1 Å². The summed E-state index contributed by atoms with van der Waals surface area (Å²) in [7, 11) is 0. The van der Waals surface area contributed by atoms with Gasteiger partial charge in [-0.3, -0.25) is 0 Å². The summed E-state index contributed by atoms with van der Waals surface area (Å²) >= 11 is 3.31. The van der Waals surface area contributed by atoms with Crippen LogP contribution in [-0.4, -0.2) is 27.1 Å². The van der Waals surface area contributed by atoms with E-state index in [4.69, 9.17) is 9.63 Å². The van der Waals surface area contributed by atoms with E-state index >= 15 is 0 Å². The van der Waals surface area contributed by atoms with E-state index in [1.54, 1.807) is 23.1 Å². The highest BCUT2D eigenvalue weighted by atomic mass is 32.2. The van der Waals surface area contributed by atoms with Crippen LogP contribution in [0.3, 0.4) is 0 Å². The molecule has 0 aliphatic carbocycles. The predicted molar refractivity (Wildman–Crippen MR) is 70.1 cm³/mol. The first kappa shape index (κ1) is 12.6. The van der Waals surface area contributed by atoms with Crippen LogP contribution in [0.4, 0.5) is 0 Å². The summed E-state index contributed by atoms with van der Waals surface area (Å²) in [6.07, 6.45) is 0.788. The summed E-state index contributed by atoms with van der Waals surface area (Å²) in [5.74, 6) is 1.99. The number of thioether (sulfide) groups is 1. The maximum atomic E-state index is 8.80. The Morgan fingerprint density at radius 2 is 2.47 bits per heavy atom. The fraction of sp³-hybridized carbons (Fsp3) is 0.455. The molecule has 0 aromatic carbocycles. The number of thiophene rings is 1. The SMILES string of the molecule is CC(CCO)SCc1nc(-c2cccs2)no1. The second-order valence-corrected chi connectivity index (χ2v) is 6.00. The van der Waals surface area contributed by atoms with Gasteiger partial charge in [0, 0.05) is 11.9 Å². The Kier molecular flexibility index (Phi) is 4.58. The molecular weight excluding hydrogens is 256 g/mol. The van der Waals surface area contributed by atoms with Gasteiger partial charge in [0.15, 0.2) is 0 Å². The van der Waals surface area contributed by atoms with Crippen molar-refractivity contribution in [2.75, 3.05) is 6.61 Å². The highest BCUT2D eigenvalue weighted by Crippen LogP contribution is 2.24. The van der Waals surface area contributed by atoms with Crippen LogP contribution < -0.4 is 0 Å². The first-order chi connectivity index (χ1) is 8.29. The van der Waals surface area contributed by atoms with Crippen molar-refractivity contribution in [2.45, 2.75) is 24.3 Å². The van der Waals surface area contributed by atoms with Crippen LogP contribution in [0.15, 0.2) is 22.0 Å². The molecular formula is C11H14N2O2S2. The second kappa shape index (κ2) is 6.18. The zero-order valence-corrected chi connectivity index (χ0v) is 11.1. The molecule has 2 rings (SSSR count). The van der Waals surface area contributed by atoms with Crippen molar-refractivity contribution in [1.29, 1.82) is 0 Å². The number of rotatable bonds is 6. The molecule has 4 nitrogen and oxygen atoms in total. The molecule has 0 radical (unpaired) electrons. The summed E-state index contributed by atoms with van der Waals surface area (Å²) in [4.78, 5) is 5.36. The Morgan fingerprint density at radius 3 is 3.18 bits per heavy atom. The van der Waals surface area contributed by atoms with Gasteiger partial charge in [-0.25, -0.2) is 0 Å². The third-order valence-electron chi connectivity index (χ3n) is 2.24. The van der Waals surface area contributed by atoms with E-state index in [0.717, 1.165) is 11.3 Å². The number of hydrogen-bond donors (Lipinski definition) is 1. The summed E-state index contributed by atoms with van der Waals surface area (Å²) < 4.78 is 5.18. The van der Waals surface area contributed by atoms with Gasteiger partial charge in [0.2, 0.25) is 11.7 Å². The van der Waals surface area contributed by atoms with E-state index in [0.29, 0.717) is 22.7 Å². The van der Waals surface area contributed by atoms with Gasteiger partial charge in [-0.05, 0) is 17.9 Å². The van der Waals surface area contributed by atoms with Crippen molar-refractivity contribution in [3.05, 3.63) is 23.4 Å². The Labute approximate surface area is 108 Å². The van der Waals surface area contributed by atoms with Gasteiger partial charge in [-0.2, -0.15) is 4.98 Å². The van der Waals surface area contributed by atoms with E-state index in [1.165, 1.54) is 0 Å². The van der Waals surface area contributed by atoms with Crippen LogP contribution in [-0.2, 0) is 5.75 Å². The molecule has 0 aliphatic rings. The Balaban J connectivity index is 1.91. The molecule has 17 heavy (non-hydrogen) atoms. The van der Waals surface area contributed by atoms with Gasteiger partial charge in [0.25, 0.3) is 0 Å². The third-order valence-corrected chi connectivity index (χ3v) is 4.32. The molecule has 2 heterocycles. The Bertz CT molecular complexity index is 442. The highest BCUT2D eigenvalue weighted by molar-refractivity contribution is 7.99. The molecule has 0 amide bonds. The molecule has 1 N–H and O–H groups in total. The number of hydrogen-bond acceptors (Lipinski definition) is 6. The van der Waals surface area contributed by atoms with Crippen molar-refractivity contribution in [3.8, 4) is 10.7 Å². The molecule has 2 aromatic heterocycles. The van der Waals surface area contributed by atoms with E-state index in [1.807, 2.05) is 17.5 Å². The minimum absolute atomic E-state index is 0.221. The van der Waals surface area contributed by atoms with Crippen molar-refractivity contribution < 1.29 is 9.63 Å². The highest BCUT2D eigenvalue weighted by Gasteiger charge is 2.10. The first-order valence-corrected chi connectivity index (χ1v) is 7.31. The molecule has 1 unspecified atom stereocenters. The normalized spacial score (nSPS) is 12.8. The Morgan fingerprint density at radius 1 is 1.59 bits per heavy atom. The lowest BCUT2D eigenvalue weighted by molar-refractivity contribution is 0.289. The van der Waals surface area contributed by atoms with Crippen molar-refractivity contribution in [2.24, 2.45) is 0 Å². The summed E-state index contributed by atoms with van der Waals surface area (Å²) in [5.41, 5.74) is 0. The first-order valence-electron chi connectivity index (χ1n) is 5.38. The number of aromatic nitrogens is 2. The average molecular weight is 270 g/mol. The van der Waals surface area contributed by atoms with Crippen LogP contribution in [0.1, 0.15) is 19.2 Å². The standard InChI is InChI=1S/C11H14N2O2S2/c1-8(4-5-14)17-7-10-12-11(13-15-10)9-3-2-6-16-9/h2-3,6,8,14H,4-5,7H2,1H3. The van der Waals surface area contributed by atoms with E-state index < -0.39 is 0 Å². The fourth-order valence-electron chi connectivity index (χ4n) is 1.30. The minimum Gasteiger partial charge on any atom is -0.396 e. The molecule has 0 spiro atoms. The number of aliphatic hydroxyl groups is 1. The van der Waals surface area contributed by atoms with Crippen LogP contribution >= 0.6 is 23.1 Å². The Hall–Kier alpha value is -0.850. The lowest BCUT2D eigenvalue weighted by Crippen LogP contribution is -1.99. The van der Waals surface area contributed by atoms with Crippen LogP contribution in [0.5, 0.6) is 0 Å². The molecule has 1 atom stereocenters. The van der Waals surface area contributed by atoms with Crippen molar-refractivity contribution in [1.82, 2.24) is 10.1 Å². The topological polar surface area (TPSA) is 59.2 Å². The fourth-order valence-corrected chi connectivity index (χ4v) is 2.76. The second-order valence-electron chi connectivity index (χ2n) is 3.62. The van der Waals surface area contributed by atoms with Crippen molar-refractivity contribution >= 4 is 23.1 Å². The van der Waals surface area contributed by atoms with Gasteiger partial charge >= 0.3 is 0 Å². The van der Waals surface area contributed by atoms with E-state index in [9.17, 15) is 0 Å².